The first kappa shape index (κ1) is 15.7. The average Bonchev–Trinajstić information content (AvgIpc) is 2.78. The van der Waals surface area contributed by atoms with Gasteiger partial charge in [0.15, 0.2) is 0 Å². The first-order valence-corrected chi connectivity index (χ1v) is 6.41. The standard InChI is InChI=1S/C12H21F4NO/c13-11(14)12(15,16)8-18-7-10(17)6-5-9-3-1-2-4-9/h9-11H,1-8,17H2. The number of hydrogen-bond acceptors (Lipinski definition) is 2. The quantitative estimate of drug-likeness (QED) is 0.688. The zero-order valence-electron chi connectivity index (χ0n) is 10.4. The molecule has 0 radical (unpaired) electrons. The van der Waals surface area contributed by atoms with E-state index in [0.29, 0.717) is 12.3 Å². The first-order valence-electron chi connectivity index (χ1n) is 6.41. The third kappa shape index (κ3) is 5.52. The van der Waals surface area contributed by atoms with Gasteiger partial charge in [0.2, 0.25) is 0 Å². The Labute approximate surface area is 105 Å². The summed E-state index contributed by atoms with van der Waals surface area (Å²) in [4.78, 5) is 0. The van der Waals surface area contributed by atoms with E-state index in [4.69, 9.17) is 5.73 Å². The van der Waals surface area contributed by atoms with Gasteiger partial charge in [-0.05, 0) is 18.8 Å². The van der Waals surface area contributed by atoms with Crippen LogP contribution in [0.5, 0.6) is 0 Å². The van der Waals surface area contributed by atoms with Gasteiger partial charge < -0.3 is 10.5 Å². The SMILES string of the molecule is NC(CCC1CCCC1)COCC(F)(F)C(F)F. The lowest BCUT2D eigenvalue weighted by Gasteiger charge is -2.18. The van der Waals surface area contributed by atoms with Gasteiger partial charge in [0.25, 0.3) is 0 Å². The fourth-order valence-electron chi connectivity index (χ4n) is 2.24. The molecule has 18 heavy (non-hydrogen) atoms. The molecule has 1 rings (SSSR count). The number of hydrogen-bond donors (Lipinski definition) is 1. The molecule has 1 aliphatic carbocycles. The molecule has 0 amide bonds. The Hall–Kier alpha value is -0.360. The highest BCUT2D eigenvalue weighted by Gasteiger charge is 2.41. The summed E-state index contributed by atoms with van der Waals surface area (Å²) >= 11 is 0. The van der Waals surface area contributed by atoms with E-state index in [1.807, 2.05) is 0 Å². The van der Waals surface area contributed by atoms with Crippen LogP contribution in [0.4, 0.5) is 17.6 Å². The second kappa shape index (κ2) is 7.28. The summed E-state index contributed by atoms with van der Waals surface area (Å²) in [5, 5.41) is 0. The molecule has 0 aliphatic heterocycles. The van der Waals surface area contributed by atoms with Crippen molar-refractivity contribution in [1.82, 2.24) is 0 Å². The summed E-state index contributed by atoms with van der Waals surface area (Å²) in [6, 6.07) is -0.348. The Morgan fingerprint density at radius 2 is 1.83 bits per heavy atom. The van der Waals surface area contributed by atoms with Gasteiger partial charge in [0.05, 0.1) is 6.61 Å². The predicted molar refractivity (Wildman–Crippen MR) is 60.9 cm³/mol. The Morgan fingerprint density at radius 1 is 1.22 bits per heavy atom. The minimum atomic E-state index is -4.08. The van der Waals surface area contributed by atoms with E-state index in [2.05, 4.69) is 4.74 Å². The molecule has 0 aromatic heterocycles. The van der Waals surface area contributed by atoms with Gasteiger partial charge in [-0.1, -0.05) is 25.7 Å². The zero-order valence-corrected chi connectivity index (χ0v) is 10.4. The molecule has 2 N–H and O–H groups in total. The van der Waals surface area contributed by atoms with Gasteiger partial charge in [0, 0.05) is 6.04 Å². The van der Waals surface area contributed by atoms with Gasteiger partial charge in [0.1, 0.15) is 6.61 Å². The number of halogens is 4. The molecule has 0 spiro atoms. The highest BCUT2D eigenvalue weighted by atomic mass is 19.3. The lowest BCUT2D eigenvalue weighted by atomic mass is 9.99. The lowest BCUT2D eigenvalue weighted by molar-refractivity contribution is -0.166. The highest BCUT2D eigenvalue weighted by molar-refractivity contribution is 4.72. The van der Waals surface area contributed by atoms with Gasteiger partial charge in [-0.15, -0.1) is 0 Å². The molecule has 1 fully saturated rings. The normalized spacial score (nSPS) is 19.7. The van der Waals surface area contributed by atoms with Crippen molar-refractivity contribution >= 4 is 0 Å². The van der Waals surface area contributed by atoms with E-state index >= 15 is 0 Å². The molecule has 6 heteroatoms. The number of nitrogens with two attached hydrogens (primary N) is 1. The Morgan fingerprint density at radius 3 is 2.39 bits per heavy atom. The molecule has 1 atom stereocenters. The minimum Gasteiger partial charge on any atom is -0.373 e. The summed E-state index contributed by atoms with van der Waals surface area (Å²) in [5.74, 6) is -3.40. The van der Waals surface area contributed by atoms with Crippen molar-refractivity contribution in [2.45, 2.75) is 56.9 Å². The van der Waals surface area contributed by atoms with Gasteiger partial charge in [-0.2, -0.15) is 8.78 Å². The molecule has 1 aliphatic rings. The Kier molecular flexibility index (Phi) is 6.35. The maximum Gasteiger partial charge on any atom is 0.330 e. The van der Waals surface area contributed by atoms with Crippen molar-refractivity contribution in [3.63, 3.8) is 0 Å². The molecule has 2 nitrogen and oxygen atoms in total. The van der Waals surface area contributed by atoms with Crippen LogP contribution in [0, 0.1) is 5.92 Å². The number of rotatable bonds is 8. The topological polar surface area (TPSA) is 35.2 Å². The summed E-state index contributed by atoms with van der Waals surface area (Å²) < 4.78 is 53.3. The maximum absolute atomic E-state index is 12.5. The zero-order chi connectivity index (χ0) is 13.6. The smallest absolute Gasteiger partial charge is 0.330 e. The van der Waals surface area contributed by atoms with Crippen LogP contribution < -0.4 is 5.73 Å². The van der Waals surface area contributed by atoms with Gasteiger partial charge >= 0.3 is 12.3 Å². The highest BCUT2D eigenvalue weighted by Crippen LogP contribution is 2.29. The van der Waals surface area contributed by atoms with Crippen molar-refractivity contribution in [3.05, 3.63) is 0 Å². The third-order valence-corrected chi connectivity index (χ3v) is 3.37. The molecule has 0 heterocycles. The molecule has 1 saturated carbocycles. The largest absolute Gasteiger partial charge is 0.373 e. The Balaban J connectivity index is 2.07. The van der Waals surface area contributed by atoms with Crippen molar-refractivity contribution < 1.29 is 22.3 Å². The van der Waals surface area contributed by atoms with E-state index in [-0.39, 0.29) is 12.6 Å². The predicted octanol–water partition coefficient (Wildman–Crippen LogP) is 3.20. The second-order valence-electron chi connectivity index (χ2n) is 5.06. The first-order chi connectivity index (χ1) is 8.42. The van der Waals surface area contributed by atoms with Crippen molar-refractivity contribution in [2.24, 2.45) is 11.7 Å². The monoisotopic (exact) mass is 271 g/mol. The molecule has 1 unspecified atom stereocenters. The number of ether oxygens (including phenoxy) is 1. The van der Waals surface area contributed by atoms with Crippen LogP contribution in [-0.2, 0) is 4.74 Å². The van der Waals surface area contributed by atoms with Crippen LogP contribution in [0.15, 0.2) is 0 Å². The number of alkyl halides is 4. The van der Waals surface area contributed by atoms with E-state index < -0.39 is 19.0 Å². The summed E-state index contributed by atoms with van der Waals surface area (Å²) in [6.45, 7) is -1.35. The molecule has 0 aromatic carbocycles. The molecule has 108 valence electrons. The van der Waals surface area contributed by atoms with Crippen LogP contribution in [0.2, 0.25) is 0 Å². The molecule has 0 saturated heterocycles. The van der Waals surface area contributed by atoms with Crippen LogP contribution in [0.1, 0.15) is 38.5 Å². The average molecular weight is 271 g/mol. The van der Waals surface area contributed by atoms with Gasteiger partial charge in [-0.25, -0.2) is 8.78 Å². The van der Waals surface area contributed by atoms with Crippen molar-refractivity contribution in [1.29, 1.82) is 0 Å². The van der Waals surface area contributed by atoms with E-state index in [0.717, 1.165) is 6.42 Å². The van der Waals surface area contributed by atoms with Crippen molar-refractivity contribution in [3.8, 4) is 0 Å². The van der Waals surface area contributed by atoms with E-state index in [9.17, 15) is 17.6 Å². The molecular formula is C12H21F4NO. The van der Waals surface area contributed by atoms with Crippen LogP contribution >= 0.6 is 0 Å². The van der Waals surface area contributed by atoms with Crippen molar-refractivity contribution in [2.75, 3.05) is 13.2 Å². The van der Waals surface area contributed by atoms with Gasteiger partial charge in [-0.3, -0.25) is 0 Å². The van der Waals surface area contributed by atoms with Crippen LogP contribution in [0.25, 0.3) is 0 Å². The molecular weight excluding hydrogens is 250 g/mol. The van der Waals surface area contributed by atoms with E-state index in [1.54, 1.807) is 0 Å². The van der Waals surface area contributed by atoms with Crippen LogP contribution in [-0.4, -0.2) is 31.6 Å². The second-order valence-corrected chi connectivity index (χ2v) is 5.06. The van der Waals surface area contributed by atoms with E-state index in [1.165, 1.54) is 25.7 Å². The third-order valence-electron chi connectivity index (χ3n) is 3.37. The fourth-order valence-corrected chi connectivity index (χ4v) is 2.24. The maximum atomic E-state index is 12.5. The summed E-state index contributed by atoms with van der Waals surface area (Å²) in [6.07, 6.45) is 2.88. The summed E-state index contributed by atoms with van der Waals surface area (Å²) in [5.41, 5.74) is 5.70. The minimum absolute atomic E-state index is 0.0883. The summed E-state index contributed by atoms with van der Waals surface area (Å²) in [7, 11) is 0. The molecule has 0 aromatic rings. The molecule has 0 bridgehead atoms. The Bertz CT molecular complexity index is 232. The van der Waals surface area contributed by atoms with Crippen LogP contribution in [0.3, 0.4) is 0 Å². The lowest BCUT2D eigenvalue weighted by Crippen LogP contribution is -2.35. The fraction of sp³-hybridized carbons (Fsp3) is 1.00.